The van der Waals surface area contributed by atoms with Crippen molar-refractivity contribution in [1.29, 1.82) is 0 Å². The topological polar surface area (TPSA) is 25.8 Å². The van der Waals surface area contributed by atoms with Gasteiger partial charge in [0.05, 0.1) is 21.8 Å². The summed E-state index contributed by atoms with van der Waals surface area (Å²) in [5.74, 6) is 0. The molecule has 72 valence electrons. The maximum Gasteiger partial charge on any atom is 0.170 e. The number of halogens is 3. The van der Waals surface area contributed by atoms with Gasteiger partial charge in [-0.1, -0.05) is 40.9 Å². The van der Waals surface area contributed by atoms with Crippen molar-refractivity contribution in [2.24, 2.45) is 0 Å². The molecule has 0 unspecified atom stereocenters. The summed E-state index contributed by atoms with van der Waals surface area (Å²) >= 11 is 18.8. The molecule has 2 nitrogen and oxygen atoms in total. The molecule has 2 rings (SSSR count). The van der Waals surface area contributed by atoms with E-state index in [9.17, 15) is 0 Å². The molecule has 0 atom stereocenters. The maximum absolute atomic E-state index is 5.99. The summed E-state index contributed by atoms with van der Waals surface area (Å²) in [4.78, 5) is 0. The molecule has 2 aromatic rings. The Bertz CT molecular complexity index is 449. The van der Waals surface area contributed by atoms with E-state index in [2.05, 4.69) is 8.75 Å². The molecule has 0 amide bonds. The molecular weight excluding hydrogens is 263 g/mol. The van der Waals surface area contributed by atoms with E-state index >= 15 is 0 Å². The SMILES string of the molecule is Clc1cccc(Cl)c1-c1nsnc1Cl. The van der Waals surface area contributed by atoms with E-state index in [1.54, 1.807) is 18.2 Å². The number of hydrogen-bond acceptors (Lipinski definition) is 3. The van der Waals surface area contributed by atoms with Gasteiger partial charge in [-0.3, -0.25) is 0 Å². The molecule has 0 radical (unpaired) electrons. The molecule has 0 saturated heterocycles. The number of benzene rings is 1. The van der Waals surface area contributed by atoms with Crippen molar-refractivity contribution < 1.29 is 0 Å². The second-order valence-electron chi connectivity index (χ2n) is 2.50. The second kappa shape index (κ2) is 4.03. The molecule has 0 N–H and O–H groups in total. The third-order valence-electron chi connectivity index (χ3n) is 1.65. The highest BCUT2D eigenvalue weighted by atomic mass is 35.5. The van der Waals surface area contributed by atoms with E-state index in [0.29, 0.717) is 26.5 Å². The van der Waals surface area contributed by atoms with Crippen LogP contribution in [-0.4, -0.2) is 8.75 Å². The van der Waals surface area contributed by atoms with E-state index in [0.717, 1.165) is 11.7 Å². The Hall–Kier alpha value is -0.350. The fourth-order valence-electron chi connectivity index (χ4n) is 1.05. The van der Waals surface area contributed by atoms with Crippen LogP contribution in [0.5, 0.6) is 0 Å². The van der Waals surface area contributed by atoms with Crippen molar-refractivity contribution in [3.63, 3.8) is 0 Å². The lowest BCUT2D eigenvalue weighted by atomic mass is 10.2. The van der Waals surface area contributed by atoms with Crippen LogP contribution in [0.1, 0.15) is 0 Å². The van der Waals surface area contributed by atoms with Crippen LogP contribution in [0, 0.1) is 0 Å². The molecule has 0 bridgehead atoms. The van der Waals surface area contributed by atoms with Gasteiger partial charge in [0.25, 0.3) is 0 Å². The van der Waals surface area contributed by atoms with Crippen molar-refractivity contribution in [2.75, 3.05) is 0 Å². The minimum Gasteiger partial charge on any atom is -0.171 e. The average molecular weight is 266 g/mol. The number of rotatable bonds is 1. The van der Waals surface area contributed by atoms with Gasteiger partial charge < -0.3 is 0 Å². The summed E-state index contributed by atoms with van der Waals surface area (Å²) in [7, 11) is 0. The van der Waals surface area contributed by atoms with Crippen LogP contribution in [0.2, 0.25) is 15.2 Å². The van der Waals surface area contributed by atoms with Gasteiger partial charge in [0, 0.05) is 5.56 Å². The Labute approximate surface area is 99.8 Å². The molecular formula is C8H3Cl3N2S. The summed E-state index contributed by atoms with van der Waals surface area (Å²) in [6.07, 6.45) is 0. The first-order valence-electron chi connectivity index (χ1n) is 3.62. The quantitative estimate of drug-likeness (QED) is 0.773. The normalized spacial score (nSPS) is 10.5. The predicted octanol–water partition coefficient (Wildman–Crippen LogP) is 4.17. The van der Waals surface area contributed by atoms with Gasteiger partial charge in [-0.25, -0.2) is 0 Å². The third kappa shape index (κ3) is 1.73. The van der Waals surface area contributed by atoms with Crippen LogP contribution in [0.15, 0.2) is 18.2 Å². The van der Waals surface area contributed by atoms with E-state index in [-0.39, 0.29) is 0 Å². The Morgan fingerprint density at radius 3 is 2.14 bits per heavy atom. The number of nitrogens with zero attached hydrogens (tertiary/aromatic N) is 2. The first-order valence-corrected chi connectivity index (χ1v) is 5.49. The molecule has 6 heteroatoms. The maximum atomic E-state index is 5.99. The lowest BCUT2D eigenvalue weighted by Gasteiger charge is -2.02. The molecule has 0 saturated carbocycles. The fourth-order valence-corrected chi connectivity index (χ4v) is 2.37. The molecule has 0 aliphatic rings. The first-order chi connectivity index (χ1) is 6.70. The van der Waals surface area contributed by atoms with E-state index in [4.69, 9.17) is 34.8 Å². The molecule has 1 aromatic carbocycles. The van der Waals surface area contributed by atoms with Crippen LogP contribution in [0.25, 0.3) is 11.3 Å². The molecule has 14 heavy (non-hydrogen) atoms. The van der Waals surface area contributed by atoms with Gasteiger partial charge >= 0.3 is 0 Å². The standard InChI is InChI=1S/C8H3Cl3N2S/c9-4-2-1-3-5(10)6(4)7-8(11)13-14-12-7/h1-3H. The molecule has 1 heterocycles. The smallest absolute Gasteiger partial charge is 0.170 e. The van der Waals surface area contributed by atoms with Crippen molar-refractivity contribution in [1.82, 2.24) is 8.75 Å². The molecule has 0 spiro atoms. The summed E-state index contributed by atoms with van der Waals surface area (Å²) in [5.41, 5.74) is 1.17. The van der Waals surface area contributed by atoms with Gasteiger partial charge in [-0.15, -0.1) is 0 Å². The molecule has 1 aromatic heterocycles. The van der Waals surface area contributed by atoms with Crippen molar-refractivity contribution in [2.45, 2.75) is 0 Å². The Morgan fingerprint density at radius 2 is 1.64 bits per heavy atom. The van der Waals surface area contributed by atoms with E-state index < -0.39 is 0 Å². The zero-order valence-corrected chi connectivity index (χ0v) is 9.75. The van der Waals surface area contributed by atoms with Crippen molar-refractivity contribution >= 4 is 46.5 Å². The second-order valence-corrected chi connectivity index (χ2v) is 4.20. The van der Waals surface area contributed by atoms with Crippen LogP contribution in [-0.2, 0) is 0 Å². The molecule has 0 fully saturated rings. The van der Waals surface area contributed by atoms with E-state index in [1.807, 2.05) is 0 Å². The molecule has 0 aliphatic carbocycles. The largest absolute Gasteiger partial charge is 0.171 e. The summed E-state index contributed by atoms with van der Waals surface area (Å²) in [6.45, 7) is 0. The van der Waals surface area contributed by atoms with Gasteiger partial charge in [-0.05, 0) is 12.1 Å². The number of hydrogen-bond donors (Lipinski definition) is 0. The van der Waals surface area contributed by atoms with Gasteiger partial charge in [0.15, 0.2) is 5.15 Å². The predicted molar refractivity (Wildman–Crippen MR) is 60.4 cm³/mol. The zero-order chi connectivity index (χ0) is 10.1. The Kier molecular flexibility index (Phi) is 2.93. The van der Waals surface area contributed by atoms with Crippen molar-refractivity contribution in [3.8, 4) is 11.3 Å². The minimum absolute atomic E-state index is 0.324. The van der Waals surface area contributed by atoms with E-state index in [1.165, 1.54) is 0 Å². The van der Waals surface area contributed by atoms with Crippen LogP contribution in [0.3, 0.4) is 0 Å². The highest BCUT2D eigenvalue weighted by molar-refractivity contribution is 6.99. The Morgan fingerprint density at radius 1 is 1.00 bits per heavy atom. The summed E-state index contributed by atoms with van der Waals surface area (Å²) in [5, 5.41) is 1.37. The van der Waals surface area contributed by atoms with Crippen LogP contribution in [0.4, 0.5) is 0 Å². The van der Waals surface area contributed by atoms with Gasteiger partial charge in [0.1, 0.15) is 5.69 Å². The molecule has 0 aliphatic heterocycles. The third-order valence-corrected chi connectivity index (χ3v) is 3.17. The van der Waals surface area contributed by atoms with Gasteiger partial charge in [0.2, 0.25) is 0 Å². The highest BCUT2D eigenvalue weighted by Gasteiger charge is 2.14. The summed E-state index contributed by atoms with van der Waals surface area (Å²) in [6, 6.07) is 5.23. The average Bonchev–Trinajstić information content (AvgIpc) is 2.52. The first kappa shape index (κ1) is 10.2. The monoisotopic (exact) mass is 264 g/mol. The van der Waals surface area contributed by atoms with Crippen molar-refractivity contribution in [3.05, 3.63) is 33.4 Å². The fraction of sp³-hybridized carbons (Fsp3) is 0. The summed E-state index contributed by atoms with van der Waals surface area (Å²) < 4.78 is 7.89. The lowest BCUT2D eigenvalue weighted by molar-refractivity contribution is 1.49. The van der Waals surface area contributed by atoms with Crippen LogP contribution >= 0.6 is 46.5 Å². The minimum atomic E-state index is 0.324. The highest BCUT2D eigenvalue weighted by Crippen LogP contribution is 2.36. The lowest BCUT2D eigenvalue weighted by Crippen LogP contribution is -1.82. The zero-order valence-electron chi connectivity index (χ0n) is 6.67. The number of aromatic nitrogens is 2. The Balaban J connectivity index is 2.68. The van der Waals surface area contributed by atoms with Crippen LogP contribution < -0.4 is 0 Å². The van der Waals surface area contributed by atoms with Gasteiger partial charge in [-0.2, -0.15) is 8.75 Å².